The second-order valence-electron chi connectivity index (χ2n) is 4.23. The highest BCUT2D eigenvalue weighted by Gasteiger charge is 2.04. The van der Waals surface area contributed by atoms with E-state index in [4.69, 9.17) is 5.26 Å². The lowest BCUT2D eigenvalue weighted by Crippen LogP contribution is -2.03. The number of hydrogen-bond donors (Lipinski definition) is 1. The summed E-state index contributed by atoms with van der Waals surface area (Å²) in [5.74, 6) is -0.254. The van der Waals surface area contributed by atoms with Crippen molar-refractivity contribution in [3.8, 4) is 6.07 Å². The molecule has 2 aromatic carbocycles. The van der Waals surface area contributed by atoms with Crippen LogP contribution in [-0.4, -0.2) is 0 Å². The van der Waals surface area contributed by atoms with Gasteiger partial charge in [0.05, 0.1) is 11.6 Å². The first kappa shape index (κ1) is 13.6. The topological polar surface area (TPSA) is 35.8 Å². The van der Waals surface area contributed by atoms with Crippen LogP contribution >= 0.6 is 15.9 Å². The molecule has 0 aliphatic rings. The fourth-order valence-corrected chi connectivity index (χ4v) is 2.07. The van der Waals surface area contributed by atoms with Gasteiger partial charge in [0, 0.05) is 22.3 Å². The van der Waals surface area contributed by atoms with Crippen LogP contribution in [-0.2, 0) is 6.54 Å². The van der Waals surface area contributed by atoms with Gasteiger partial charge in [-0.05, 0) is 36.8 Å². The Balaban J connectivity index is 2.16. The first-order valence-corrected chi connectivity index (χ1v) is 6.58. The zero-order chi connectivity index (χ0) is 13.8. The van der Waals surface area contributed by atoms with Crippen LogP contribution in [0.3, 0.4) is 0 Å². The van der Waals surface area contributed by atoms with Crippen molar-refractivity contribution < 1.29 is 4.39 Å². The summed E-state index contributed by atoms with van der Waals surface area (Å²) >= 11 is 3.23. The molecule has 96 valence electrons. The molecule has 4 heteroatoms. The van der Waals surface area contributed by atoms with E-state index in [2.05, 4.69) is 27.3 Å². The summed E-state index contributed by atoms with van der Waals surface area (Å²) in [5.41, 5.74) is 3.05. The van der Waals surface area contributed by atoms with Crippen molar-refractivity contribution in [3.05, 3.63) is 63.4 Å². The normalized spacial score (nSPS) is 10.0. The highest BCUT2D eigenvalue weighted by molar-refractivity contribution is 9.10. The molecule has 0 atom stereocenters. The number of hydrogen-bond acceptors (Lipinski definition) is 2. The molecular formula is C15H12BrFN2. The van der Waals surface area contributed by atoms with Crippen LogP contribution in [0, 0.1) is 24.1 Å². The molecular weight excluding hydrogens is 307 g/mol. The number of rotatable bonds is 3. The quantitative estimate of drug-likeness (QED) is 0.911. The molecule has 0 fully saturated rings. The molecule has 2 aromatic rings. The highest BCUT2D eigenvalue weighted by Crippen LogP contribution is 2.20. The number of nitrogens with one attached hydrogen (secondary N) is 1. The molecule has 0 radical (unpaired) electrons. The van der Waals surface area contributed by atoms with E-state index in [9.17, 15) is 4.39 Å². The Morgan fingerprint density at radius 1 is 1.26 bits per heavy atom. The number of aryl methyl sites for hydroxylation is 1. The SMILES string of the molecule is Cc1ccc(C#N)cc1NCc1ccc(Br)cc1F. The van der Waals surface area contributed by atoms with Crippen LogP contribution in [0.25, 0.3) is 0 Å². The number of anilines is 1. The van der Waals surface area contributed by atoms with Gasteiger partial charge in [-0.1, -0.05) is 28.1 Å². The van der Waals surface area contributed by atoms with Gasteiger partial charge in [-0.3, -0.25) is 0 Å². The van der Waals surface area contributed by atoms with Gasteiger partial charge in [-0.2, -0.15) is 5.26 Å². The molecule has 0 saturated heterocycles. The summed E-state index contributed by atoms with van der Waals surface area (Å²) in [5, 5.41) is 12.0. The van der Waals surface area contributed by atoms with Gasteiger partial charge in [0.15, 0.2) is 0 Å². The fourth-order valence-electron chi connectivity index (χ4n) is 1.74. The van der Waals surface area contributed by atoms with Gasteiger partial charge in [0.25, 0.3) is 0 Å². The Morgan fingerprint density at radius 3 is 2.74 bits per heavy atom. The maximum atomic E-state index is 13.7. The van der Waals surface area contributed by atoms with Gasteiger partial charge in [-0.25, -0.2) is 4.39 Å². The maximum Gasteiger partial charge on any atom is 0.129 e. The Morgan fingerprint density at radius 2 is 2.05 bits per heavy atom. The minimum Gasteiger partial charge on any atom is -0.381 e. The lowest BCUT2D eigenvalue weighted by Gasteiger charge is -2.10. The number of benzene rings is 2. The molecule has 0 aliphatic heterocycles. The number of nitriles is 1. The van der Waals surface area contributed by atoms with E-state index < -0.39 is 0 Å². The smallest absolute Gasteiger partial charge is 0.129 e. The molecule has 0 saturated carbocycles. The molecule has 0 heterocycles. The summed E-state index contributed by atoms with van der Waals surface area (Å²) in [6.07, 6.45) is 0. The maximum absolute atomic E-state index is 13.7. The monoisotopic (exact) mass is 318 g/mol. The molecule has 0 aliphatic carbocycles. The van der Waals surface area contributed by atoms with Crippen molar-refractivity contribution in [2.75, 3.05) is 5.32 Å². The third-order valence-electron chi connectivity index (χ3n) is 2.85. The fraction of sp³-hybridized carbons (Fsp3) is 0.133. The number of nitrogens with zero attached hydrogens (tertiary/aromatic N) is 1. The van der Waals surface area contributed by atoms with Crippen molar-refractivity contribution in [3.63, 3.8) is 0 Å². The van der Waals surface area contributed by atoms with Crippen molar-refractivity contribution in [1.29, 1.82) is 5.26 Å². The van der Waals surface area contributed by atoms with E-state index in [1.807, 2.05) is 13.0 Å². The van der Waals surface area contributed by atoms with Gasteiger partial charge >= 0.3 is 0 Å². The number of halogens is 2. The summed E-state index contributed by atoms with van der Waals surface area (Å²) in [6.45, 7) is 2.33. The molecule has 2 rings (SSSR count). The molecule has 1 N–H and O–H groups in total. The first-order valence-electron chi connectivity index (χ1n) is 5.78. The van der Waals surface area contributed by atoms with Crippen LogP contribution in [0.5, 0.6) is 0 Å². The Labute approximate surface area is 120 Å². The minimum atomic E-state index is -0.254. The van der Waals surface area contributed by atoms with Gasteiger partial charge in [0.1, 0.15) is 5.82 Å². The van der Waals surface area contributed by atoms with Gasteiger partial charge in [0.2, 0.25) is 0 Å². The van der Waals surface area contributed by atoms with Gasteiger partial charge < -0.3 is 5.32 Å². The van der Waals surface area contributed by atoms with Crippen molar-refractivity contribution in [2.24, 2.45) is 0 Å². The summed E-state index contributed by atoms with van der Waals surface area (Å²) in [4.78, 5) is 0. The van der Waals surface area contributed by atoms with Crippen LogP contribution in [0.15, 0.2) is 40.9 Å². The predicted molar refractivity (Wildman–Crippen MR) is 77.3 cm³/mol. The predicted octanol–water partition coefficient (Wildman–Crippen LogP) is 4.38. The summed E-state index contributed by atoms with van der Waals surface area (Å²) in [6, 6.07) is 12.5. The van der Waals surface area contributed by atoms with Crippen LogP contribution < -0.4 is 5.32 Å². The van der Waals surface area contributed by atoms with Crippen molar-refractivity contribution in [1.82, 2.24) is 0 Å². The molecule has 0 bridgehead atoms. The zero-order valence-electron chi connectivity index (χ0n) is 10.4. The average Bonchev–Trinajstić information content (AvgIpc) is 2.39. The molecule has 19 heavy (non-hydrogen) atoms. The molecule has 2 nitrogen and oxygen atoms in total. The third kappa shape index (κ3) is 3.33. The summed E-state index contributed by atoms with van der Waals surface area (Å²) in [7, 11) is 0. The highest BCUT2D eigenvalue weighted by atomic mass is 79.9. The van der Waals surface area contributed by atoms with E-state index in [1.165, 1.54) is 6.07 Å². The second-order valence-corrected chi connectivity index (χ2v) is 5.15. The van der Waals surface area contributed by atoms with Crippen LogP contribution in [0.1, 0.15) is 16.7 Å². The second kappa shape index (κ2) is 5.85. The Bertz CT molecular complexity index is 647. The van der Waals surface area contributed by atoms with Crippen molar-refractivity contribution >= 4 is 21.6 Å². The molecule has 0 spiro atoms. The molecule has 0 aromatic heterocycles. The van der Waals surface area contributed by atoms with E-state index >= 15 is 0 Å². The van der Waals surface area contributed by atoms with Crippen molar-refractivity contribution in [2.45, 2.75) is 13.5 Å². The first-order chi connectivity index (χ1) is 9.10. The molecule has 0 amide bonds. The largest absolute Gasteiger partial charge is 0.381 e. The van der Waals surface area contributed by atoms with E-state index in [0.717, 1.165) is 15.7 Å². The van der Waals surface area contributed by atoms with Crippen LogP contribution in [0.2, 0.25) is 0 Å². The summed E-state index contributed by atoms with van der Waals surface area (Å²) < 4.78 is 14.4. The van der Waals surface area contributed by atoms with E-state index in [1.54, 1.807) is 24.3 Å². The van der Waals surface area contributed by atoms with Crippen LogP contribution in [0.4, 0.5) is 10.1 Å². The minimum absolute atomic E-state index is 0.254. The van der Waals surface area contributed by atoms with Gasteiger partial charge in [-0.15, -0.1) is 0 Å². The average molecular weight is 319 g/mol. The zero-order valence-corrected chi connectivity index (χ0v) is 12.0. The lowest BCUT2D eigenvalue weighted by molar-refractivity contribution is 0.612. The Kier molecular flexibility index (Phi) is 4.18. The lowest BCUT2D eigenvalue weighted by atomic mass is 10.1. The Hall–Kier alpha value is -1.86. The van der Waals surface area contributed by atoms with E-state index in [0.29, 0.717) is 17.7 Å². The van der Waals surface area contributed by atoms with E-state index in [-0.39, 0.29) is 5.82 Å². The molecule has 0 unspecified atom stereocenters. The standard InChI is InChI=1S/C15H12BrFN2/c1-10-2-3-11(8-18)6-15(10)19-9-12-4-5-13(16)7-14(12)17/h2-7,19H,9H2,1H3. The third-order valence-corrected chi connectivity index (χ3v) is 3.34.